The number of halogens is 3. The van der Waals surface area contributed by atoms with Crippen LogP contribution in [0.25, 0.3) is 32.1 Å². The minimum Gasteiger partial charge on any atom is -0.461 e. The highest BCUT2D eigenvalue weighted by atomic mass is 35.5. The lowest BCUT2D eigenvalue weighted by Crippen LogP contribution is -2.49. The quantitative estimate of drug-likeness (QED) is 0.118. The van der Waals surface area contributed by atoms with Gasteiger partial charge in [-0.1, -0.05) is 30.7 Å². The summed E-state index contributed by atoms with van der Waals surface area (Å²) in [4.78, 5) is 29.1. The maximum Gasteiger partial charge on any atom is 0.319 e. The summed E-state index contributed by atoms with van der Waals surface area (Å²) >= 11 is 7.83. The molecule has 0 atom stereocenters. The van der Waals surface area contributed by atoms with Crippen LogP contribution >= 0.6 is 22.9 Å². The van der Waals surface area contributed by atoms with Crippen LogP contribution in [0.4, 0.5) is 19.6 Å². The Morgan fingerprint density at radius 3 is 2.60 bits per heavy atom. The Kier molecular flexibility index (Phi) is 10.5. The number of piperazine rings is 1. The summed E-state index contributed by atoms with van der Waals surface area (Å²) in [5.41, 5.74) is 6.91. The number of hydrogen-bond donors (Lipinski definition) is 2. The van der Waals surface area contributed by atoms with Gasteiger partial charge in [-0.2, -0.15) is 15.2 Å². The van der Waals surface area contributed by atoms with Crippen molar-refractivity contribution >= 4 is 60.7 Å². The molecule has 0 unspecified atom stereocenters. The number of nitrogens with two attached hydrogens (primary N) is 1. The van der Waals surface area contributed by atoms with Gasteiger partial charge in [-0.05, 0) is 89.3 Å². The average molecular weight is 749 g/mol. The van der Waals surface area contributed by atoms with Gasteiger partial charge < -0.3 is 25.6 Å². The molecule has 3 fully saturated rings. The van der Waals surface area contributed by atoms with Gasteiger partial charge in [0.25, 0.3) is 0 Å². The summed E-state index contributed by atoms with van der Waals surface area (Å²) in [7, 11) is 1.93. The number of nitrogens with zero attached hydrogens (tertiary/aromatic N) is 6. The van der Waals surface area contributed by atoms with Gasteiger partial charge in [0, 0.05) is 48.1 Å². The SMILES string of the molecule is C=C(CCCCCNC)C(=O)N1CCN(c2nc(OCC34CCCN3CCC4)nc3c(F)c(-c4ccc(F)c5sc(N)c(C#N)c45)c(Cl)cc23)CC1. The molecule has 52 heavy (non-hydrogen) atoms. The van der Waals surface area contributed by atoms with E-state index in [0.29, 0.717) is 56.0 Å². The molecule has 14 heteroatoms. The number of nitrogen functional groups attached to an aromatic ring is 1. The predicted octanol–water partition coefficient (Wildman–Crippen LogP) is 6.89. The number of thiophene rings is 1. The van der Waals surface area contributed by atoms with Crippen molar-refractivity contribution in [2.75, 3.05) is 70.1 Å². The van der Waals surface area contributed by atoms with Gasteiger partial charge in [0.15, 0.2) is 5.82 Å². The Balaban J connectivity index is 1.23. The van der Waals surface area contributed by atoms with E-state index in [0.717, 1.165) is 75.9 Å². The van der Waals surface area contributed by atoms with Crippen LogP contribution in [0.1, 0.15) is 56.9 Å². The highest BCUT2D eigenvalue weighted by Gasteiger charge is 2.45. The monoisotopic (exact) mass is 748 g/mol. The second kappa shape index (κ2) is 15.1. The first-order valence-electron chi connectivity index (χ1n) is 18.0. The van der Waals surface area contributed by atoms with Crippen LogP contribution < -0.4 is 20.7 Å². The maximum absolute atomic E-state index is 17.1. The molecule has 5 heterocycles. The second-order valence-corrected chi connectivity index (χ2v) is 15.5. The number of unbranched alkanes of at least 4 members (excludes halogenated alkanes) is 2. The largest absolute Gasteiger partial charge is 0.461 e. The van der Waals surface area contributed by atoms with Crippen molar-refractivity contribution in [2.24, 2.45) is 0 Å². The Labute approximate surface area is 311 Å². The van der Waals surface area contributed by atoms with E-state index < -0.39 is 11.6 Å². The fraction of sp³-hybridized carbons (Fsp3) is 0.474. The smallest absolute Gasteiger partial charge is 0.319 e. The molecule has 7 rings (SSSR count). The van der Waals surface area contributed by atoms with Gasteiger partial charge in [0.2, 0.25) is 5.91 Å². The molecule has 2 aromatic heterocycles. The first-order valence-corrected chi connectivity index (χ1v) is 19.2. The summed E-state index contributed by atoms with van der Waals surface area (Å²) in [6.45, 7) is 9.25. The molecule has 3 N–H and O–H groups in total. The molecule has 0 radical (unpaired) electrons. The summed E-state index contributed by atoms with van der Waals surface area (Å²) < 4.78 is 38.5. The lowest BCUT2D eigenvalue weighted by molar-refractivity contribution is -0.127. The third kappa shape index (κ3) is 6.66. The molecule has 0 spiro atoms. The van der Waals surface area contributed by atoms with Crippen molar-refractivity contribution < 1.29 is 18.3 Å². The minimum absolute atomic E-state index is 0.00376. The van der Waals surface area contributed by atoms with E-state index in [2.05, 4.69) is 27.8 Å². The molecule has 1 amide bonds. The molecule has 274 valence electrons. The molecular weight excluding hydrogens is 706 g/mol. The first-order chi connectivity index (χ1) is 25.2. The van der Waals surface area contributed by atoms with Crippen molar-refractivity contribution in [2.45, 2.75) is 56.9 Å². The molecule has 2 aromatic carbocycles. The zero-order chi connectivity index (χ0) is 36.6. The second-order valence-electron chi connectivity index (χ2n) is 14.0. The number of benzene rings is 2. The number of ether oxygens (including phenoxy) is 1. The summed E-state index contributed by atoms with van der Waals surface area (Å²) in [5, 5.41) is 13.8. The van der Waals surface area contributed by atoms with Crippen LogP contribution in [0.2, 0.25) is 5.02 Å². The molecule has 0 bridgehead atoms. The zero-order valence-electron chi connectivity index (χ0n) is 29.4. The minimum atomic E-state index is -0.737. The number of nitriles is 1. The third-order valence-electron chi connectivity index (χ3n) is 10.9. The highest BCUT2D eigenvalue weighted by Crippen LogP contribution is 2.46. The number of amides is 1. The van der Waals surface area contributed by atoms with Gasteiger partial charge >= 0.3 is 6.01 Å². The number of carbonyl (C=O) groups excluding carboxylic acids is 1. The number of hydrogen-bond acceptors (Lipinski definition) is 10. The van der Waals surface area contributed by atoms with Crippen molar-refractivity contribution in [3.05, 3.63) is 52.6 Å². The van der Waals surface area contributed by atoms with Gasteiger partial charge in [0.1, 0.15) is 34.8 Å². The number of anilines is 2. The zero-order valence-corrected chi connectivity index (χ0v) is 30.9. The van der Waals surface area contributed by atoms with E-state index >= 15 is 4.39 Å². The van der Waals surface area contributed by atoms with E-state index in [1.165, 1.54) is 12.1 Å². The van der Waals surface area contributed by atoms with Crippen LogP contribution in [0, 0.1) is 23.0 Å². The Morgan fingerprint density at radius 2 is 1.88 bits per heavy atom. The Bertz CT molecular complexity index is 2070. The third-order valence-corrected chi connectivity index (χ3v) is 12.2. The molecule has 10 nitrogen and oxygen atoms in total. The maximum atomic E-state index is 17.1. The molecular formula is C38H43ClF2N8O2S. The van der Waals surface area contributed by atoms with Gasteiger partial charge in [-0.15, -0.1) is 11.3 Å². The highest BCUT2D eigenvalue weighted by molar-refractivity contribution is 7.23. The molecule has 3 aliphatic heterocycles. The number of rotatable bonds is 12. The van der Waals surface area contributed by atoms with E-state index in [1.54, 1.807) is 6.07 Å². The normalized spacial score (nSPS) is 17.2. The summed E-state index contributed by atoms with van der Waals surface area (Å²) in [6.07, 6.45) is 7.88. The van der Waals surface area contributed by atoms with Gasteiger partial charge in [0.05, 0.1) is 20.8 Å². The lowest BCUT2D eigenvalue weighted by Gasteiger charge is -2.36. The molecule has 4 aromatic rings. The van der Waals surface area contributed by atoms with E-state index in [-0.39, 0.29) is 59.8 Å². The summed E-state index contributed by atoms with van der Waals surface area (Å²) in [5.74, 6) is -0.889. The Morgan fingerprint density at radius 1 is 1.13 bits per heavy atom. The van der Waals surface area contributed by atoms with Crippen LogP contribution in [-0.4, -0.2) is 90.7 Å². The molecule has 3 aliphatic rings. The molecule has 3 saturated heterocycles. The lowest BCUT2D eigenvalue weighted by atomic mass is 9.95. The van der Waals surface area contributed by atoms with Gasteiger partial charge in [-0.3, -0.25) is 9.69 Å². The fourth-order valence-electron chi connectivity index (χ4n) is 8.15. The van der Waals surface area contributed by atoms with Crippen molar-refractivity contribution in [3.63, 3.8) is 0 Å². The Hall–Kier alpha value is -4.09. The number of carbonyl (C=O) groups is 1. The van der Waals surface area contributed by atoms with E-state index in [9.17, 15) is 14.4 Å². The molecule has 0 aliphatic carbocycles. The van der Waals surface area contributed by atoms with Crippen LogP contribution in [-0.2, 0) is 4.79 Å². The van der Waals surface area contributed by atoms with Crippen LogP contribution in [0.3, 0.4) is 0 Å². The number of fused-ring (bicyclic) bond motifs is 3. The van der Waals surface area contributed by atoms with E-state index in [4.69, 9.17) is 27.1 Å². The average Bonchev–Trinajstić information content (AvgIpc) is 3.84. The summed E-state index contributed by atoms with van der Waals surface area (Å²) in [6, 6.07) is 6.36. The number of aromatic nitrogens is 2. The topological polar surface area (TPSA) is 124 Å². The van der Waals surface area contributed by atoms with Crippen molar-refractivity contribution in [1.29, 1.82) is 5.26 Å². The van der Waals surface area contributed by atoms with Crippen LogP contribution in [0.15, 0.2) is 30.4 Å². The fourth-order valence-corrected chi connectivity index (χ4v) is 9.39. The van der Waals surface area contributed by atoms with Crippen LogP contribution in [0.5, 0.6) is 6.01 Å². The standard InChI is InChI=1S/C38H43ClF2N8O2S/c1-23(8-4-3-5-13-44-2)36(50)48-18-16-47(17-19-48)35-25-20-27(39)30(24-9-10-28(40)33-29(24)26(21-42)34(43)52-33)31(41)32(25)45-37(46-35)51-22-38-11-6-14-49(38)15-7-12-38/h9-10,20,44H,1,3-8,11-19,22,43H2,2H3. The predicted molar refractivity (Wildman–Crippen MR) is 203 cm³/mol. The van der Waals surface area contributed by atoms with Crippen molar-refractivity contribution in [1.82, 2.24) is 25.1 Å². The molecule has 0 saturated carbocycles. The number of nitrogens with one attached hydrogen (secondary N) is 1. The van der Waals surface area contributed by atoms with Crippen molar-refractivity contribution in [3.8, 4) is 23.2 Å². The van der Waals surface area contributed by atoms with E-state index in [1.807, 2.05) is 16.8 Å². The first kappa shape index (κ1) is 36.3. The van der Waals surface area contributed by atoms with Gasteiger partial charge in [-0.25, -0.2) is 8.78 Å².